The minimum absolute atomic E-state index is 0.571. The van der Waals surface area contributed by atoms with Crippen molar-refractivity contribution in [3.8, 4) is 11.8 Å². The number of nitrogens with zero attached hydrogens (tertiary/aromatic N) is 2. The molecule has 0 aliphatic carbocycles. The molecule has 0 unspecified atom stereocenters. The molecule has 1 rings (SSSR count). The van der Waals surface area contributed by atoms with Crippen molar-refractivity contribution >= 4 is 0 Å². The number of halogens is 3. The van der Waals surface area contributed by atoms with Gasteiger partial charge in [-0.15, -0.1) is 0 Å². The number of aromatic nitrogens is 1. The van der Waals surface area contributed by atoms with Crippen molar-refractivity contribution in [1.82, 2.24) is 4.98 Å². The van der Waals surface area contributed by atoms with Crippen molar-refractivity contribution in [2.24, 2.45) is 0 Å². The maximum Gasteiger partial charge on any atom is 0.387 e. The molecule has 0 amide bonds. The van der Waals surface area contributed by atoms with Crippen LogP contribution in [0.1, 0.15) is 5.69 Å². The highest BCUT2D eigenvalue weighted by Gasteiger charge is 2.13. The predicted octanol–water partition coefficient (Wildman–Crippen LogP) is 1.69. The molecule has 13 heavy (non-hydrogen) atoms. The Kier molecular flexibility index (Phi) is 2.69. The van der Waals surface area contributed by atoms with Gasteiger partial charge in [-0.05, 0) is 0 Å². The molecular weight excluding hydrogens is 185 g/mol. The molecule has 0 fully saturated rings. The molecule has 68 valence electrons. The number of rotatable bonds is 2. The molecule has 3 nitrogen and oxygen atoms in total. The summed E-state index contributed by atoms with van der Waals surface area (Å²) < 4.78 is 40.0. The fourth-order valence-corrected chi connectivity index (χ4v) is 0.691. The first-order valence-corrected chi connectivity index (χ1v) is 3.14. The van der Waals surface area contributed by atoms with E-state index in [9.17, 15) is 13.2 Å². The van der Waals surface area contributed by atoms with Crippen LogP contribution in [0.4, 0.5) is 13.2 Å². The molecular formula is C7H3F3N2O. The van der Waals surface area contributed by atoms with E-state index in [-0.39, 0.29) is 0 Å². The first-order valence-electron chi connectivity index (χ1n) is 3.14. The fraction of sp³-hybridized carbons (Fsp3) is 0.143. The number of hydrogen-bond donors (Lipinski definition) is 0. The Labute approximate surface area is 71.4 Å². The van der Waals surface area contributed by atoms with Crippen molar-refractivity contribution in [2.75, 3.05) is 0 Å². The predicted molar refractivity (Wildman–Crippen MR) is 35.5 cm³/mol. The van der Waals surface area contributed by atoms with Gasteiger partial charge in [0.2, 0.25) is 5.82 Å². The molecule has 0 N–H and O–H groups in total. The summed E-state index contributed by atoms with van der Waals surface area (Å²) >= 11 is 0. The molecule has 0 radical (unpaired) electrons. The third kappa shape index (κ3) is 2.08. The van der Waals surface area contributed by atoms with Gasteiger partial charge in [0.1, 0.15) is 6.07 Å². The third-order valence-corrected chi connectivity index (χ3v) is 1.18. The van der Waals surface area contributed by atoms with Crippen molar-refractivity contribution in [3.05, 3.63) is 23.8 Å². The molecule has 0 saturated heterocycles. The molecule has 0 atom stereocenters. The lowest BCUT2D eigenvalue weighted by atomic mass is 10.3. The maximum atomic E-state index is 12.9. The van der Waals surface area contributed by atoms with Gasteiger partial charge in [0.05, 0.1) is 0 Å². The molecule has 1 heterocycles. The normalized spacial score (nSPS) is 9.77. The van der Waals surface area contributed by atoms with Gasteiger partial charge >= 0.3 is 6.61 Å². The van der Waals surface area contributed by atoms with Gasteiger partial charge in [-0.2, -0.15) is 18.4 Å². The lowest BCUT2D eigenvalue weighted by molar-refractivity contribution is -0.0522. The minimum atomic E-state index is -3.12. The molecule has 1 aromatic rings. The van der Waals surface area contributed by atoms with Crippen LogP contribution in [0, 0.1) is 17.1 Å². The zero-order valence-electron chi connectivity index (χ0n) is 6.17. The van der Waals surface area contributed by atoms with Gasteiger partial charge in [0.25, 0.3) is 0 Å². The fourth-order valence-electron chi connectivity index (χ4n) is 0.691. The van der Waals surface area contributed by atoms with Crippen LogP contribution in [0.5, 0.6) is 5.75 Å². The van der Waals surface area contributed by atoms with E-state index in [0.29, 0.717) is 0 Å². The SMILES string of the molecule is N#Cc1nccc(OC(F)F)c1F. The van der Waals surface area contributed by atoms with Gasteiger partial charge in [-0.3, -0.25) is 0 Å². The quantitative estimate of drug-likeness (QED) is 0.709. The summed E-state index contributed by atoms with van der Waals surface area (Å²) in [5.41, 5.74) is -0.571. The van der Waals surface area contributed by atoms with Crippen LogP contribution in [0.15, 0.2) is 12.3 Å². The molecule has 0 aliphatic heterocycles. The highest BCUT2D eigenvalue weighted by Crippen LogP contribution is 2.19. The van der Waals surface area contributed by atoms with Gasteiger partial charge in [-0.25, -0.2) is 4.98 Å². The van der Waals surface area contributed by atoms with Crippen LogP contribution in [0.3, 0.4) is 0 Å². The standard InChI is InChI=1S/C7H3F3N2O/c8-6-4(3-11)12-2-1-5(6)13-7(9)10/h1-2,7H. The van der Waals surface area contributed by atoms with E-state index in [0.717, 1.165) is 12.3 Å². The second-order valence-corrected chi connectivity index (χ2v) is 1.96. The van der Waals surface area contributed by atoms with E-state index in [1.165, 1.54) is 6.07 Å². The van der Waals surface area contributed by atoms with Crippen LogP contribution in [-0.2, 0) is 0 Å². The lowest BCUT2D eigenvalue weighted by Gasteiger charge is -2.04. The van der Waals surface area contributed by atoms with Crippen LogP contribution < -0.4 is 4.74 Å². The van der Waals surface area contributed by atoms with E-state index in [4.69, 9.17) is 5.26 Å². The van der Waals surface area contributed by atoms with Gasteiger partial charge in [0, 0.05) is 12.3 Å². The number of ether oxygens (including phenoxy) is 1. The van der Waals surface area contributed by atoms with E-state index >= 15 is 0 Å². The summed E-state index contributed by atoms with van der Waals surface area (Å²) in [6.07, 6.45) is 1.01. The second kappa shape index (κ2) is 3.76. The number of hydrogen-bond acceptors (Lipinski definition) is 3. The Balaban J connectivity index is 3.03. The third-order valence-electron chi connectivity index (χ3n) is 1.18. The van der Waals surface area contributed by atoms with Gasteiger partial charge in [-0.1, -0.05) is 0 Å². The molecule has 0 spiro atoms. The van der Waals surface area contributed by atoms with Crippen molar-refractivity contribution < 1.29 is 17.9 Å². The van der Waals surface area contributed by atoms with Crippen LogP contribution in [0.2, 0.25) is 0 Å². The van der Waals surface area contributed by atoms with E-state index in [1.54, 1.807) is 0 Å². The summed E-state index contributed by atoms with van der Waals surface area (Å²) in [4.78, 5) is 3.30. The largest absolute Gasteiger partial charge is 0.432 e. The summed E-state index contributed by atoms with van der Waals surface area (Å²) in [7, 11) is 0. The van der Waals surface area contributed by atoms with Crippen molar-refractivity contribution in [1.29, 1.82) is 5.26 Å². The molecule has 0 aliphatic rings. The van der Waals surface area contributed by atoms with Gasteiger partial charge in [0.15, 0.2) is 11.4 Å². The zero-order valence-corrected chi connectivity index (χ0v) is 6.17. The van der Waals surface area contributed by atoms with E-state index < -0.39 is 23.9 Å². The maximum absolute atomic E-state index is 12.9. The topological polar surface area (TPSA) is 45.9 Å². The molecule has 0 aromatic carbocycles. The van der Waals surface area contributed by atoms with Crippen LogP contribution >= 0.6 is 0 Å². The molecule has 6 heteroatoms. The van der Waals surface area contributed by atoms with Gasteiger partial charge < -0.3 is 4.74 Å². The summed E-state index contributed by atoms with van der Waals surface area (Å²) in [5.74, 6) is -1.85. The Morgan fingerprint density at radius 1 is 1.54 bits per heavy atom. The highest BCUT2D eigenvalue weighted by atomic mass is 19.3. The molecule has 1 aromatic heterocycles. The Morgan fingerprint density at radius 3 is 2.77 bits per heavy atom. The average Bonchev–Trinajstić information content (AvgIpc) is 2.08. The summed E-state index contributed by atoms with van der Waals surface area (Å²) in [6, 6.07) is 2.32. The Morgan fingerprint density at radius 2 is 2.23 bits per heavy atom. The Bertz CT molecular complexity index is 348. The lowest BCUT2D eigenvalue weighted by Crippen LogP contribution is -2.05. The smallest absolute Gasteiger partial charge is 0.387 e. The van der Waals surface area contributed by atoms with E-state index in [1.807, 2.05) is 0 Å². The minimum Gasteiger partial charge on any atom is -0.432 e. The Hall–Kier alpha value is -1.77. The monoisotopic (exact) mass is 188 g/mol. The first-order chi connectivity index (χ1) is 6.15. The van der Waals surface area contributed by atoms with Crippen LogP contribution in [-0.4, -0.2) is 11.6 Å². The first kappa shape index (κ1) is 9.32. The zero-order chi connectivity index (χ0) is 9.84. The number of nitriles is 1. The number of pyridine rings is 1. The van der Waals surface area contributed by atoms with E-state index in [2.05, 4.69) is 9.72 Å². The van der Waals surface area contributed by atoms with Crippen LogP contribution in [0.25, 0.3) is 0 Å². The highest BCUT2D eigenvalue weighted by molar-refractivity contribution is 5.32. The average molecular weight is 188 g/mol. The van der Waals surface area contributed by atoms with Crippen molar-refractivity contribution in [2.45, 2.75) is 6.61 Å². The van der Waals surface area contributed by atoms with Crippen molar-refractivity contribution in [3.63, 3.8) is 0 Å². The molecule has 0 bridgehead atoms. The number of alkyl halides is 2. The second-order valence-electron chi connectivity index (χ2n) is 1.96. The molecule has 0 saturated carbocycles. The summed E-state index contributed by atoms with van der Waals surface area (Å²) in [6.45, 7) is -3.12. The summed E-state index contributed by atoms with van der Waals surface area (Å²) in [5, 5.41) is 8.28.